The highest BCUT2D eigenvalue weighted by Gasteiger charge is 2.39. The average Bonchev–Trinajstić information content (AvgIpc) is 3.10. The predicted molar refractivity (Wildman–Crippen MR) is 69.3 cm³/mol. The topological polar surface area (TPSA) is 12.0 Å². The van der Waals surface area contributed by atoms with Crippen LogP contribution in [0.4, 0.5) is 5.69 Å². The van der Waals surface area contributed by atoms with Crippen LogP contribution >= 0.6 is 0 Å². The molecule has 1 aromatic carbocycles. The highest BCUT2D eigenvalue weighted by molar-refractivity contribution is 5.85. The average molecular weight is 211 g/mol. The molecule has 0 spiro atoms. The zero-order valence-corrected chi connectivity index (χ0v) is 9.83. The van der Waals surface area contributed by atoms with E-state index in [9.17, 15) is 0 Å². The molecule has 0 saturated heterocycles. The number of benzene rings is 1. The summed E-state index contributed by atoms with van der Waals surface area (Å²) in [6, 6.07) is 8.54. The minimum Gasteiger partial charge on any atom is -0.388 e. The third-order valence-corrected chi connectivity index (χ3v) is 3.82. The van der Waals surface area contributed by atoms with Crippen molar-refractivity contribution in [1.29, 1.82) is 0 Å². The van der Waals surface area contributed by atoms with Gasteiger partial charge >= 0.3 is 0 Å². The lowest BCUT2D eigenvalue weighted by Crippen LogP contribution is -1.99. The molecule has 1 saturated carbocycles. The summed E-state index contributed by atoms with van der Waals surface area (Å²) in [5, 5.41) is 3.27. The standard InChI is InChI=1S/C15H17N/c1-10-12(8-7-11-9-14(10)11)13-5-3-4-6-15(13)16-2/h3-8,11,14,16H,9H2,1-2H3. The third-order valence-electron chi connectivity index (χ3n) is 3.82. The van der Waals surface area contributed by atoms with E-state index < -0.39 is 0 Å². The number of hydrogen-bond donors (Lipinski definition) is 1. The number of fused-ring (bicyclic) bond motifs is 1. The number of anilines is 1. The molecule has 3 rings (SSSR count). The highest BCUT2D eigenvalue weighted by Crippen LogP contribution is 2.51. The zero-order valence-electron chi connectivity index (χ0n) is 9.83. The molecule has 0 aromatic heterocycles. The Morgan fingerprint density at radius 2 is 2.06 bits per heavy atom. The van der Waals surface area contributed by atoms with Gasteiger partial charge in [-0.25, -0.2) is 0 Å². The number of para-hydroxylation sites is 1. The Morgan fingerprint density at radius 3 is 2.88 bits per heavy atom. The first-order chi connectivity index (χ1) is 7.81. The molecular weight excluding hydrogens is 194 g/mol. The molecule has 2 atom stereocenters. The van der Waals surface area contributed by atoms with E-state index >= 15 is 0 Å². The summed E-state index contributed by atoms with van der Waals surface area (Å²) < 4.78 is 0. The molecule has 16 heavy (non-hydrogen) atoms. The quantitative estimate of drug-likeness (QED) is 0.786. The Hall–Kier alpha value is -1.50. The lowest BCUT2D eigenvalue weighted by Gasteiger charge is -2.15. The van der Waals surface area contributed by atoms with E-state index in [4.69, 9.17) is 0 Å². The van der Waals surface area contributed by atoms with Crippen molar-refractivity contribution in [2.45, 2.75) is 13.3 Å². The number of allylic oxidation sites excluding steroid dienone is 4. The van der Waals surface area contributed by atoms with Crippen molar-refractivity contribution >= 4 is 11.3 Å². The molecule has 1 heteroatoms. The molecule has 0 radical (unpaired) electrons. The van der Waals surface area contributed by atoms with Gasteiger partial charge in [0.15, 0.2) is 0 Å². The first-order valence-corrected chi connectivity index (χ1v) is 5.97. The zero-order chi connectivity index (χ0) is 11.1. The van der Waals surface area contributed by atoms with Crippen molar-refractivity contribution in [2.24, 2.45) is 11.8 Å². The lowest BCUT2D eigenvalue weighted by molar-refractivity contribution is 0.915. The number of rotatable bonds is 2. The molecule has 2 aliphatic carbocycles. The number of nitrogens with one attached hydrogen (secondary N) is 1. The summed E-state index contributed by atoms with van der Waals surface area (Å²) in [7, 11) is 1.99. The van der Waals surface area contributed by atoms with Crippen molar-refractivity contribution in [3.8, 4) is 0 Å². The fourth-order valence-corrected chi connectivity index (χ4v) is 2.71. The smallest absolute Gasteiger partial charge is 0.0417 e. The van der Waals surface area contributed by atoms with Gasteiger partial charge < -0.3 is 5.32 Å². The van der Waals surface area contributed by atoms with Gasteiger partial charge in [-0.1, -0.05) is 35.9 Å². The van der Waals surface area contributed by atoms with Gasteiger partial charge in [0, 0.05) is 18.3 Å². The molecule has 2 aliphatic rings. The molecule has 1 N–H and O–H groups in total. The summed E-state index contributed by atoms with van der Waals surface area (Å²) >= 11 is 0. The summed E-state index contributed by atoms with van der Waals surface area (Å²) in [4.78, 5) is 0. The normalized spacial score (nSPS) is 26.6. The predicted octanol–water partition coefficient (Wildman–Crippen LogP) is 3.71. The highest BCUT2D eigenvalue weighted by atomic mass is 14.8. The van der Waals surface area contributed by atoms with Gasteiger partial charge in [-0.05, 0) is 36.8 Å². The van der Waals surface area contributed by atoms with Crippen LogP contribution in [0.15, 0.2) is 42.0 Å². The largest absolute Gasteiger partial charge is 0.388 e. The molecule has 0 aliphatic heterocycles. The van der Waals surface area contributed by atoms with E-state index in [2.05, 4.69) is 48.7 Å². The second-order valence-corrected chi connectivity index (χ2v) is 4.76. The fourth-order valence-electron chi connectivity index (χ4n) is 2.71. The van der Waals surface area contributed by atoms with Gasteiger partial charge in [0.05, 0.1) is 0 Å². The molecular formula is C15H17N. The van der Waals surface area contributed by atoms with Crippen LogP contribution in [0.25, 0.3) is 5.57 Å². The summed E-state index contributed by atoms with van der Waals surface area (Å²) in [5.74, 6) is 1.66. The van der Waals surface area contributed by atoms with Crippen LogP contribution in [0, 0.1) is 11.8 Å². The maximum atomic E-state index is 3.27. The van der Waals surface area contributed by atoms with E-state index in [1.54, 1.807) is 5.57 Å². The maximum Gasteiger partial charge on any atom is 0.0417 e. The molecule has 1 fully saturated rings. The second-order valence-electron chi connectivity index (χ2n) is 4.76. The lowest BCUT2D eigenvalue weighted by atomic mass is 9.92. The maximum absolute atomic E-state index is 3.27. The number of hydrogen-bond acceptors (Lipinski definition) is 1. The minimum absolute atomic E-state index is 0.824. The van der Waals surface area contributed by atoms with Crippen LogP contribution in [0.3, 0.4) is 0 Å². The first kappa shape index (κ1) is 9.71. The molecule has 1 nitrogen and oxygen atoms in total. The minimum atomic E-state index is 0.824. The van der Waals surface area contributed by atoms with Crippen molar-refractivity contribution in [3.63, 3.8) is 0 Å². The van der Waals surface area contributed by atoms with Crippen LogP contribution in [-0.4, -0.2) is 7.05 Å². The van der Waals surface area contributed by atoms with Gasteiger partial charge in [0.1, 0.15) is 0 Å². The Bertz CT molecular complexity index is 482. The van der Waals surface area contributed by atoms with Gasteiger partial charge in [0.2, 0.25) is 0 Å². The molecule has 82 valence electrons. The van der Waals surface area contributed by atoms with E-state index in [-0.39, 0.29) is 0 Å². The van der Waals surface area contributed by atoms with Crippen LogP contribution < -0.4 is 5.32 Å². The molecule has 2 unspecified atom stereocenters. The second kappa shape index (κ2) is 3.51. The van der Waals surface area contributed by atoms with E-state index in [1.165, 1.54) is 23.2 Å². The molecule has 0 bridgehead atoms. The Kier molecular flexibility index (Phi) is 2.13. The molecule has 0 heterocycles. The van der Waals surface area contributed by atoms with E-state index in [1.807, 2.05) is 7.05 Å². The van der Waals surface area contributed by atoms with Gasteiger partial charge in [-0.2, -0.15) is 0 Å². The summed E-state index contributed by atoms with van der Waals surface area (Å²) in [6.45, 7) is 2.29. The Labute approximate surface area is 96.9 Å². The Balaban J connectivity index is 2.09. The van der Waals surface area contributed by atoms with Crippen molar-refractivity contribution in [1.82, 2.24) is 0 Å². The third kappa shape index (κ3) is 1.39. The Morgan fingerprint density at radius 1 is 1.25 bits per heavy atom. The van der Waals surface area contributed by atoms with Crippen LogP contribution in [0.5, 0.6) is 0 Å². The molecule has 1 aromatic rings. The molecule has 0 amide bonds. The van der Waals surface area contributed by atoms with Gasteiger partial charge in [-0.3, -0.25) is 0 Å². The fraction of sp³-hybridized carbons (Fsp3) is 0.333. The SMILES string of the molecule is CNc1ccccc1C1=C(C)C2CC2C=C1. The van der Waals surface area contributed by atoms with Gasteiger partial charge in [-0.15, -0.1) is 0 Å². The first-order valence-electron chi connectivity index (χ1n) is 5.97. The summed E-state index contributed by atoms with van der Waals surface area (Å²) in [5.41, 5.74) is 5.55. The van der Waals surface area contributed by atoms with Gasteiger partial charge in [0.25, 0.3) is 0 Å². The van der Waals surface area contributed by atoms with E-state index in [0.29, 0.717) is 0 Å². The van der Waals surface area contributed by atoms with Crippen LogP contribution in [0.1, 0.15) is 18.9 Å². The summed E-state index contributed by atoms with van der Waals surface area (Å²) in [6.07, 6.45) is 6.03. The van der Waals surface area contributed by atoms with Crippen LogP contribution in [0.2, 0.25) is 0 Å². The van der Waals surface area contributed by atoms with Crippen LogP contribution in [-0.2, 0) is 0 Å². The van der Waals surface area contributed by atoms with Crippen molar-refractivity contribution < 1.29 is 0 Å². The monoisotopic (exact) mass is 211 g/mol. The van der Waals surface area contributed by atoms with Crippen molar-refractivity contribution in [2.75, 3.05) is 12.4 Å². The van der Waals surface area contributed by atoms with E-state index in [0.717, 1.165) is 11.8 Å². The van der Waals surface area contributed by atoms with Crippen molar-refractivity contribution in [3.05, 3.63) is 47.6 Å².